The Hall–Kier alpha value is -1.84. The zero-order valence-corrected chi connectivity index (χ0v) is 18.9. The number of hydrogen-bond acceptors (Lipinski definition) is 4. The van der Waals surface area contributed by atoms with Gasteiger partial charge in [-0.1, -0.05) is 25.1 Å². The normalized spacial score (nSPS) is 11.0. The van der Waals surface area contributed by atoms with Crippen LogP contribution in [0.2, 0.25) is 0 Å². The number of nitrogens with zero attached hydrogens (tertiary/aromatic N) is 5. The van der Waals surface area contributed by atoms with E-state index in [0.717, 1.165) is 57.3 Å². The third-order valence-electron chi connectivity index (χ3n) is 4.12. The van der Waals surface area contributed by atoms with Crippen molar-refractivity contribution in [3.05, 3.63) is 42.5 Å². The van der Waals surface area contributed by atoms with Crippen molar-refractivity contribution >= 4 is 35.6 Å². The second kappa shape index (κ2) is 13.3. The molecule has 2 N–H and O–H groups in total. The number of hydrogen-bond donors (Lipinski definition) is 2. The lowest BCUT2D eigenvalue weighted by molar-refractivity contribution is 0.632. The molecule has 2 rings (SSSR count). The lowest BCUT2D eigenvalue weighted by Crippen LogP contribution is -2.39. The van der Waals surface area contributed by atoms with E-state index >= 15 is 0 Å². The van der Waals surface area contributed by atoms with E-state index in [1.54, 1.807) is 6.33 Å². The zero-order chi connectivity index (χ0) is 18.6. The van der Waals surface area contributed by atoms with Crippen molar-refractivity contribution in [2.45, 2.75) is 33.2 Å². The molecule has 0 unspecified atom stereocenters. The number of benzene rings is 1. The molecule has 0 saturated heterocycles. The Kier molecular flexibility index (Phi) is 11.5. The predicted octanol–water partition coefficient (Wildman–Crippen LogP) is 2.54. The van der Waals surface area contributed by atoms with Gasteiger partial charge >= 0.3 is 0 Å². The first-order chi connectivity index (χ1) is 12.7. The summed E-state index contributed by atoms with van der Waals surface area (Å²) in [6, 6.07) is 10.4. The van der Waals surface area contributed by atoms with Gasteiger partial charge in [0, 0.05) is 51.9 Å². The van der Waals surface area contributed by atoms with E-state index in [-0.39, 0.29) is 24.0 Å². The fourth-order valence-corrected chi connectivity index (χ4v) is 2.69. The van der Waals surface area contributed by atoms with Gasteiger partial charge in [0.2, 0.25) is 0 Å². The SMILES string of the molecule is CCNC(=NCCCN(C)c1ccccc1)NCCn1cnnc1CC.I. The second-order valence-corrected chi connectivity index (χ2v) is 6.09. The average Bonchev–Trinajstić information content (AvgIpc) is 3.13. The van der Waals surface area contributed by atoms with Gasteiger partial charge in [-0.3, -0.25) is 4.99 Å². The Morgan fingerprint density at radius 2 is 1.96 bits per heavy atom. The van der Waals surface area contributed by atoms with Gasteiger partial charge in [-0.25, -0.2) is 0 Å². The van der Waals surface area contributed by atoms with E-state index in [2.05, 4.69) is 80.5 Å². The molecule has 0 aliphatic rings. The van der Waals surface area contributed by atoms with Crippen molar-refractivity contribution in [1.29, 1.82) is 0 Å². The molecule has 27 heavy (non-hydrogen) atoms. The van der Waals surface area contributed by atoms with Crippen molar-refractivity contribution in [2.75, 3.05) is 38.1 Å². The van der Waals surface area contributed by atoms with Gasteiger partial charge in [0.15, 0.2) is 5.96 Å². The first-order valence-electron chi connectivity index (χ1n) is 9.39. The third-order valence-corrected chi connectivity index (χ3v) is 4.12. The largest absolute Gasteiger partial charge is 0.375 e. The van der Waals surface area contributed by atoms with Crippen molar-refractivity contribution in [3.63, 3.8) is 0 Å². The first kappa shape index (κ1) is 23.2. The summed E-state index contributed by atoms with van der Waals surface area (Å²) in [7, 11) is 2.12. The maximum atomic E-state index is 4.67. The van der Waals surface area contributed by atoms with E-state index in [9.17, 15) is 0 Å². The fourth-order valence-electron chi connectivity index (χ4n) is 2.69. The third kappa shape index (κ3) is 8.15. The lowest BCUT2D eigenvalue weighted by atomic mass is 10.3. The van der Waals surface area contributed by atoms with Gasteiger partial charge in [-0.15, -0.1) is 34.2 Å². The quantitative estimate of drug-likeness (QED) is 0.234. The molecule has 150 valence electrons. The van der Waals surface area contributed by atoms with Crippen LogP contribution in [0.5, 0.6) is 0 Å². The van der Waals surface area contributed by atoms with Gasteiger partial charge in [0.25, 0.3) is 0 Å². The minimum atomic E-state index is 0. The Labute approximate surface area is 179 Å². The molecular formula is C19H32IN7. The van der Waals surface area contributed by atoms with Gasteiger partial charge < -0.3 is 20.1 Å². The molecule has 1 heterocycles. The summed E-state index contributed by atoms with van der Waals surface area (Å²) < 4.78 is 2.07. The minimum absolute atomic E-state index is 0. The van der Waals surface area contributed by atoms with Crippen LogP contribution in [-0.4, -0.2) is 54.0 Å². The zero-order valence-electron chi connectivity index (χ0n) is 16.6. The molecule has 8 heteroatoms. The molecule has 0 aliphatic carbocycles. The van der Waals surface area contributed by atoms with E-state index < -0.39 is 0 Å². The van der Waals surface area contributed by atoms with Gasteiger partial charge in [0.05, 0.1) is 0 Å². The van der Waals surface area contributed by atoms with Crippen LogP contribution in [0.1, 0.15) is 26.1 Å². The number of aryl methyl sites for hydroxylation is 1. The molecule has 2 aromatic rings. The molecule has 0 saturated carbocycles. The maximum Gasteiger partial charge on any atom is 0.191 e. The van der Waals surface area contributed by atoms with Crippen LogP contribution in [0.3, 0.4) is 0 Å². The monoisotopic (exact) mass is 485 g/mol. The highest BCUT2D eigenvalue weighted by Crippen LogP contribution is 2.10. The van der Waals surface area contributed by atoms with Gasteiger partial charge in [0.1, 0.15) is 12.2 Å². The second-order valence-electron chi connectivity index (χ2n) is 6.09. The highest BCUT2D eigenvalue weighted by molar-refractivity contribution is 14.0. The fraction of sp³-hybridized carbons (Fsp3) is 0.526. The van der Waals surface area contributed by atoms with Crippen molar-refractivity contribution in [2.24, 2.45) is 4.99 Å². The topological polar surface area (TPSA) is 70.4 Å². The molecule has 0 atom stereocenters. The van der Waals surface area contributed by atoms with Gasteiger partial charge in [-0.05, 0) is 25.5 Å². The van der Waals surface area contributed by atoms with Gasteiger partial charge in [-0.2, -0.15) is 0 Å². The van der Waals surface area contributed by atoms with Crippen molar-refractivity contribution < 1.29 is 0 Å². The van der Waals surface area contributed by atoms with Crippen molar-refractivity contribution in [1.82, 2.24) is 25.4 Å². The summed E-state index contributed by atoms with van der Waals surface area (Å²) in [4.78, 5) is 6.93. The summed E-state index contributed by atoms with van der Waals surface area (Å²) in [5.74, 6) is 1.87. The molecule has 0 bridgehead atoms. The molecule has 1 aromatic carbocycles. The number of guanidine groups is 1. The van der Waals surface area contributed by atoms with Crippen LogP contribution in [0, 0.1) is 0 Å². The number of rotatable bonds is 10. The Bertz CT molecular complexity index is 657. The Morgan fingerprint density at radius 3 is 2.67 bits per heavy atom. The number of halogens is 1. The molecule has 0 aliphatic heterocycles. The molecule has 0 fully saturated rings. The summed E-state index contributed by atoms with van der Waals surface area (Å²) >= 11 is 0. The summed E-state index contributed by atoms with van der Waals surface area (Å²) in [6.45, 7) is 8.41. The number of para-hydroxylation sites is 1. The smallest absolute Gasteiger partial charge is 0.191 e. The maximum absolute atomic E-state index is 4.67. The standard InChI is InChI=1S/C19H31N7.HI/c1-4-18-24-23-16-26(18)15-13-22-19(20-5-2)21-12-9-14-25(3)17-10-7-6-8-11-17;/h6-8,10-11,16H,4-5,9,12-15H2,1-3H3,(H2,20,21,22);1H. The van der Waals surface area contributed by atoms with Crippen LogP contribution >= 0.6 is 24.0 Å². The average molecular weight is 485 g/mol. The van der Waals surface area contributed by atoms with Crippen LogP contribution in [0.25, 0.3) is 0 Å². The molecule has 7 nitrogen and oxygen atoms in total. The highest BCUT2D eigenvalue weighted by Gasteiger charge is 2.03. The number of aliphatic imine (C=N–C) groups is 1. The van der Waals surface area contributed by atoms with E-state index in [1.807, 2.05) is 6.07 Å². The molecule has 1 aromatic heterocycles. The molecular weight excluding hydrogens is 453 g/mol. The van der Waals surface area contributed by atoms with E-state index in [0.29, 0.717) is 0 Å². The first-order valence-corrected chi connectivity index (χ1v) is 9.39. The molecule has 0 spiro atoms. The minimum Gasteiger partial charge on any atom is -0.375 e. The van der Waals surface area contributed by atoms with Crippen LogP contribution in [0.15, 0.2) is 41.7 Å². The van der Waals surface area contributed by atoms with Crippen LogP contribution in [-0.2, 0) is 13.0 Å². The highest BCUT2D eigenvalue weighted by atomic mass is 127. The number of anilines is 1. The Balaban J connectivity index is 0.00000364. The predicted molar refractivity (Wildman–Crippen MR) is 123 cm³/mol. The number of aromatic nitrogens is 3. The van der Waals surface area contributed by atoms with E-state index in [4.69, 9.17) is 0 Å². The van der Waals surface area contributed by atoms with Crippen LogP contribution < -0.4 is 15.5 Å². The van der Waals surface area contributed by atoms with Crippen molar-refractivity contribution in [3.8, 4) is 0 Å². The molecule has 0 radical (unpaired) electrons. The van der Waals surface area contributed by atoms with E-state index in [1.165, 1.54) is 5.69 Å². The lowest BCUT2D eigenvalue weighted by Gasteiger charge is -2.18. The molecule has 0 amide bonds. The number of nitrogens with one attached hydrogen (secondary N) is 2. The summed E-state index contributed by atoms with van der Waals surface area (Å²) in [5, 5.41) is 14.7. The van der Waals surface area contributed by atoms with Crippen LogP contribution in [0.4, 0.5) is 5.69 Å². The summed E-state index contributed by atoms with van der Waals surface area (Å²) in [6.07, 6.45) is 3.68. The Morgan fingerprint density at radius 1 is 1.19 bits per heavy atom. The summed E-state index contributed by atoms with van der Waals surface area (Å²) in [5.41, 5.74) is 1.24.